The number of carboxylic acids is 1. The predicted molar refractivity (Wildman–Crippen MR) is 63.5 cm³/mol. The van der Waals surface area contributed by atoms with Crippen LogP contribution in [0.2, 0.25) is 0 Å². The second kappa shape index (κ2) is 6.98. The molecule has 0 aliphatic rings. The number of carbonyl (C=O) groups is 1. The lowest BCUT2D eigenvalue weighted by Gasteiger charge is -2.11. The molecule has 0 heterocycles. The second-order valence-electron chi connectivity index (χ2n) is 3.62. The molecule has 0 amide bonds. The highest BCUT2D eigenvalue weighted by molar-refractivity contribution is 5.73. The third-order valence-electron chi connectivity index (χ3n) is 2.43. The van der Waals surface area contributed by atoms with Gasteiger partial charge in [0.25, 0.3) is 0 Å². The Morgan fingerprint density at radius 3 is 2.62 bits per heavy atom. The highest BCUT2D eigenvalue weighted by atomic mass is 16.4. The highest BCUT2D eigenvalue weighted by Gasteiger charge is 2.12. The molecular formula is C12H18N2O2. The Bertz CT molecular complexity index is 314. The van der Waals surface area contributed by atoms with E-state index in [0.717, 1.165) is 13.0 Å². The molecule has 0 radical (unpaired) electrons. The molecule has 0 aromatic heterocycles. The normalized spacial score (nSPS) is 12.3. The van der Waals surface area contributed by atoms with Crippen molar-refractivity contribution in [3.63, 3.8) is 0 Å². The minimum absolute atomic E-state index is 0.443. The molecule has 88 valence electrons. The maximum absolute atomic E-state index is 10.7. The molecule has 3 N–H and O–H groups in total. The molecule has 0 spiro atoms. The van der Waals surface area contributed by atoms with Crippen molar-refractivity contribution in [1.29, 1.82) is 0 Å². The number of carboxylic acid groups (broad SMARTS) is 1. The first-order chi connectivity index (χ1) is 7.74. The molecule has 1 aromatic carbocycles. The van der Waals surface area contributed by atoms with Crippen molar-refractivity contribution in [3.8, 4) is 0 Å². The van der Waals surface area contributed by atoms with Crippen LogP contribution in [0.15, 0.2) is 30.3 Å². The topological polar surface area (TPSA) is 61.4 Å². The Morgan fingerprint density at radius 1 is 1.38 bits per heavy atom. The van der Waals surface area contributed by atoms with Gasteiger partial charge in [-0.2, -0.15) is 0 Å². The van der Waals surface area contributed by atoms with Crippen LogP contribution in [0.4, 0.5) is 0 Å². The summed E-state index contributed by atoms with van der Waals surface area (Å²) in [5.74, 6) is -0.824. The van der Waals surface area contributed by atoms with E-state index >= 15 is 0 Å². The molecule has 0 fully saturated rings. The number of hydrogen-bond donors (Lipinski definition) is 3. The minimum Gasteiger partial charge on any atom is -0.480 e. The Kier molecular flexibility index (Phi) is 5.53. The standard InChI is InChI=1S/C12H18N2O2/c1-13-11(12(15)16)9-14-8-7-10-5-3-2-4-6-10/h2-6,11,13-14H,7-9H2,1H3,(H,15,16). The van der Waals surface area contributed by atoms with E-state index in [1.54, 1.807) is 7.05 Å². The van der Waals surface area contributed by atoms with Gasteiger partial charge in [-0.1, -0.05) is 30.3 Å². The lowest BCUT2D eigenvalue weighted by molar-refractivity contribution is -0.139. The largest absolute Gasteiger partial charge is 0.480 e. The highest BCUT2D eigenvalue weighted by Crippen LogP contribution is 1.97. The number of rotatable bonds is 7. The number of likely N-dealkylation sites (N-methyl/N-ethyl adjacent to an activating group) is 1. The lowest BCUT2D eigenvalue weighted by atomic mass is 10.1. The van der Waals surface area contributed by atoms with Gasteiger partial charge in [-0.25, -0.2) is 0 Å². The van der Waals surface area contributed by atoms with E-state index in [9.17, 15) is 4.79 Å². The van der Waals surface area contributed by atoms with Gasteiger partial charge in [-0.05, 0) is 25.6 Å². The van der Waals surface area contributed by atoms with Gasteiger partial charge >= 0.3 is 5.97 Å². The fourth-order valence-corrected chi connectivity index (χ4v) is 1.44. The van der Waals surface area contributed by atoms with Crippen molar-refractivity contribution >= 4 is 5.97 Å². The molecule has 1 atom stereocenters. The average Bonchev–Trinajstić information content (AvgIpc) is 2.30. The molecule has 0 bridgehead atoms. The molecule has 1 unspecified atom stereocenters. The van der Waals surface area contributed by atoms with Gasteiger partial charge in [0.15, 0.2) is 0 Å². The van der Waals surface area contributed by atoms with E-state index in [-0.39, 0.29) is 0 Å². The Labute approximate surface area is 95.7 Å². The van der Waals surface area contributed by atoms with Crippen molar-refractivity contribution in [2.75, 3.05) is 20.1 Å². The summed E-state index contributed by atoms with van der Waals surface area (Å²) in [6.07, 6.45) is 0.914. The number of nitrogens with one attached hydrogen (secondary N) is 2. The maximum atomic E-state index is 10.7. The van der Waals surface area contributed by atoms with Crippen LogP contribution in [-0.2, 0) is 11.2 Å². The van der Waals surface area contributed by atoms with Crippen molar-refractivity contribution in [1.82, 2.24) is 10.6 Å². The fourth-order valence-electron chi connectivity index (χ4n) is 1.44. The Hall–Kier alpha value is -1.39. The van der Waals surface area contributed by atoms with Crippen molar-refractivity contribution < 1.29 is 9.90 Å². The number of aliphatic carboxylic acids is 1. The number of benzene rings is 1. The monoisotopic (exact) mass is 222 g/mol. The molecule has 1 rings (SSSR count). The molecule has 0 aliphatic carbocycles. The zero-order valence-electron chi connectivity index (χ0n) is 9.44. The summed E-state index contributed by atoms with van der Waals surface area (Å²) in [6.45, 7) is 1.23. The summed E-state index contributed by atoms with van der Waals surface area (Å²) in [5, 5.41) is 14.6. The first-order valence-electron chi connectivity index (χ1n) is 5.38. The second-order valence-corrected chi connectivity index (χ2v) is 3.62. The van der Waals surface area contributed by atoms with Gasteiger partial charge in [-0.3, -0.25) is 4.79 Å². The smallest absolute Gasteiger partial charge is 0.322 e. The van der Waals surface area contributed by atoms with E-state index in [4.69, 9.17) is 5.11 Å². The molecular weight excluding hydrogens is 204 g/mol. The van der Waals surface area contributed by atoms with Gasteiger partial charge in [-0.15, -0.1) is 0 Å². The summed E-state index contributed by atoms with van der Waals surface area (Å²) in [7, 11) is 1.65. The lowest BCUT2D eigenvalue weighted by Crippen LogP contribution is -2.43. The number of hydrogen-bond acceptors (Lipinski definition) is 3. The summed E-state index contributed by atoms with van der Waals surface area (Å²) in [5.41, 5.74) is 1.26. The van der Waals surface area contributed by atoms with Gasteiger partial charge < -0.3 is 15.7 Å². The zero-order valence-corrected chi connectivity index (χ0v) is 9.44. The molecule has 0 saturated carbocycles. The van der Waals surface area contributed by atoms with Crippen molar-refractivity contribution in [3.05, 3.63) is 35.9 Å². The SMILES string of the molecule is CNC(CNCCc1ccccc1)C(=O)O. The van der Waals surface area contributed by atoms with Gasteiger partial charge in [0, 0.05) is 6.54 Å². The average molecular weight is 222 g/mol. The third-order valence-corrected chi connectivity index (χ3v) is 2.43. The van der Waals surface area contributed by atoms with Crippen LogP contribution >= 0.6 is 0 Å². The molecule has 16 heavy (non-hydrogen) atoms. The summed E-state index contributed by atoms with van der Waals surface area (Å²) < 4.78 is 0. The maximum Gasteiger partial charge on any atom is 0.322 e. The summed E-state index contributed by atoms with van der Waals surface area (Å²) in [6, 6.07) is 9.60. The summed E-state index contributed by atoms with van der Waals surface area (Å²) in [4.78, 5) is 10.7. The molecule has 0 saturated heterocycles. The van der Waals surface area contributed by atoms with E-state index < -0.39 is 12.0 Å². The molecule has 4 heteroatoms. The fraction of sp³-hybridized carbons (Fsp3) is 0.417. The van der Waals surface area contributed by atoms with E-state index in [2.05, 4.69) is 22.8 Å². The van der Waals surface area contributed by atoms with Gasteiger partial charge in [0.2, 0.25) is 0 Å². The first-order valence-corrected chi connectivity index (χ1v) is 5.38. The summed E-state index contributed by atoms with van der Waals surface area (Å²) >= 11 is 0. The van der Waals surface area contributed by atoms with Crippen LogP contribution in [0.5, 0.6) is 0 Å². The first kappa shape index (κ1) is 12.7. The molecule has 1 aromatic rings. The van der Waals surface area contributed by atoms with Crippen LogP contribution in [0.1, 0.15) is 5.56 Å². The minimum atomic E-state index is -0.824. The van der Waals surface area contributed by atoms with Crippen LogP contribution in [0.3, 0.4) is 0 Å². The van der Waals surface area contributed by atoms with Crippen LogP contribution in [0, 0.1) is 0 Å². The van der Waals surface area contributed by atoms with Crippen LogP contribution in [0.25, 0.3) is 0 Å². The van der Waals surface area contributed by atoms with E-state index in [0.29, 0.717) is 6.54 Å². The van der Waals surface area contributed by atoms with Gasteiger partial charge in [0.05, 0.1) is 0 Å². The predicted octanol–water partition coefficient (Wildman–Crippen LogP) is 0.491. The van der Waals surface area contributed by atoms with Crippen LogP contribution in [-0.4, -0.2) is 37.3 Å². The van der Waals surface area contributed by atoms with Crippen LogP contribution < -0.4 is 10.6 Å². The van der Waals surface area contributed by atoms with Crippen molar-refractivity contribution in [2.24, 2.45) is 0 Å². The quantitative estimate of drug-likeness (QED) is 0.588. The van der Waals surface area contributed by atoms with Crippen molar-refractivity contribution in [2.45, 2.75) is 12.5 Å². The van der Waals surface area contributed by atoms with E-state index in [1.807, 2.05) is 18.2 Å². The zero-order chi connectivity index (χ0) is 11.8. The Balaban J connectivity index is 2.19. The van der Waals surface area contributed by atoms with E-state index in [1.165, 1.54) is 5.56 Å². The Morgan fingerprint density at radius 2 is 2.06 bits per heavy atom. The van der Waals surface area contributed by atoms with Gasteiger partial charge in [0.1, 0.15) is 6.04 Å². The molecule has 0 aliphatic heterocycles. The molecule has 4 nitrogen and oxygen atoms in total. The third kappa shape index (κ3) is 4.42.